The summed E-state index contributed by atoms with van der Waals surface area (Å²) < 4.78 is 18.3. The van der Waals surface area contributed by atoms with Crippen LogP contribution in [0.15, 0.2) is 47.3 Å². The Bertz CT molecular complexity index is 755. The van der Waals surface area contributed by atoms with Crippen LogP contribution in [-0.2, 0) is 6.42 Å². The van der Waals surface area contributed by atoms with Gasteiger partial charge in [0.05, 0.1) is 17.6 Å². The van der Waals surface area contributed by atoms with E-state index in [1.54, 1.807) is 30.8 Å². The average Bonchev–Trinajstić information content (AvgIpc) is 2.97. The number of rotatable bonds is 5. The number of aryl methyl sites for hydroxylation is 1. The second-order valence-corrected chi connectivity index (χ2v) is 4.87. The molecule has 0 aliphatic carbocycles. The summed E-state index contributed by atoms with van der Waals surface area (Å²) in [5.41, 5.74) is 2.45. The Kier molecular flexibility index (Phi) is 4.09. The maximum absolute atomic E-state index is 12.9. The minimum absolute atomic E-state index is 0.279. The first-order valence-corrected chi connectivity index (χ1v) is 6.93. The summed E-state index contributed by atoms with van der Waals surface area (Å²) in [7, 11) is 0. The number of oxazole rings is 1. The van der Waals surface area contributed by atoms with Crippen molar-refractivity contribution in [2.45, 2.75) is 13.3 Å². The highest BCUT2D eigenvalue weighted by Crippen LogP contribution is 2.19. The quantitative estimate of drug-likeness (QED) is 0.783. The molecule has 0 aliphatic heterocycles. The molecule has 0 atom stereocenters. The van der Waals surface area contributed by atoms with E-state index >= 15 is 0 Å². The van der Waals surface area contributed by atoms with Crippen molar-refractivity contribution in [3.63, 3.8) is 0 Å². The Morgan fingerprint density at radius 3 is 2.73 bits per heavy atom. The van der Waals surface area contributed by atoms with Gasteiger partial charge in [0.2, 0.25) is 5.89 Å². The van der Waals surface area contributed by atoms with Crippen molar-refractivity contribution >= 4 is 5.82 Å². The summed E-state index contributed by atoms with van der Waals surface area (Å²) in [6.45, 7) is 2.57. The van der Waals surface area contributed by atoms with Crippen LogP contribution in [0, 0.1) is 12.7 Å². The van der Waals surface area contributed by atoms with Crippen LogP contribution in [0.4, 0.5) is 10.2 Å². The first-order chi connectivity index (χ1) is 10.7. The van der Waals surface area contributed by atoms with Crippen molar-refractivity contribution in [2.75, 3.05) is 11.9 Å². The fourth-order valence-corrected chi connectivity index (χ4v) is 2.01. The number of nitrogens with zero attached hydrogens (tertiary/aromatic N) is 3. The maximum atomic E-state index is 12.9. The largest absolute Gasteiger partial charge is 0.444 e. The van der Waals surface area contributed by atoms with Gasteiger partial charge in [-0.1, -0.05) is 0 Å². The summed E-state index contributed by atoms with van der Waals surface area (Å²) in [5, 5.41) is 3.19. The van der Waals surface area contributed by atoms with Crippen molar-refractivity contribution in [3.05, 3.63) is 60.1 Å². The molecular weight excluding hydrogens is 283 g/mol. The first-order valence-electron chi connectivity index (χ1n) is 6.93. The molecule has 1 aromatic carbocycles. The summed E-state index contributed by atoms with van der Waals surface area (Å²) in [4.78, 5) is 12.8. The molecule has 0 spiro atoms. The number of aromatic nitrogens is 3. The van der Waals surface area contributed by atoms with Crippen LogP contribution in [0.25, 0.3) is 11.5 Å². The molecule has 3 aromatic rings. The van der Waals surface area contributed by atoms with Crippen LogP contribution in [0.3, 0.4) is 0 Å². The molecule has 0 saturated carbocycles. The van der Waals surface area contributed by atoms with Crippen molar-refractivity contribution in [1.82, 2.24) is 15.0 Å². The van der Waals surface area contributed by atoms with Crippen molar-refractivity contribution in [2.24, 2.45) is 0 Å². The Hall–Kier alpha value is -2.76. The van der Waals surface area contributed by atoms with E-state index in [0.29, 0.717) is 18.9 Å². The van der Waals surface area contributed by atoms with Gasteiger partial charge in [-0.15, -0.1) is 0 Å². The van der Waals surface area contributed by atoms with Crippen LogP contribution in [0.1, 0.15) is 11.4 Å². The Morgan fingerprint density at radius 1 is 1.14 bits per heavy atom. The van der Waals surface area contributed by atoms with Gasteiger partial charge in [-0.05, 0) is 31.2 Å². The number of benzene rings is 1. The predicted molar refractivity (Wildman–Crippen MR) is 80.9 cm³/mol. The van der Waals surface area contributed by atoms with E-state index in [-0.39, 0.29) is 5.82 Å². The van der Waals surface area contributed by atoms with Gasteiger partial charge >= 0.3 is 0 Å². The van der Waals surface area contributed by atoms with E-state index in [4.69, 9.17) is 4.42 Å². The van der Waals surface area contributed by atoms with Crippen LogP contribution in [0.2, 0.25) is 0 Å². The van der Waals surface area contributed by atoms with Crippen LogP contribution >= 0.6 is 0 Å². The number of halogens is 1. The fourth-order valence-electron chi connectivity index (χ4n) is 2.01. The fraction of sp³-hybridized carbons (Fsp3) is 0.188. The highest BCUT2D eigenvalue weighted by atomic mass is 19.1. The maximum Gasteiger partial charge on any atom is 0.226 e. The second-order valence-electron chi connectivity index (χ2n) is 4.87. The lowest BCUT2D eigenvalue weighted by Crippen LogP contribution is -2.07. The molecule has 0 bridgehead atoms. The highest BCUT2D eigenvalue weighted by molar-refractivity contribution is 5.52. The monoisotopic (exact) mass is 298 g/mol. The lowest BCUT2D eigenvalue weighted by atomic mass is 10.2. The van der Waals surface area contributed by atoms with Crippen molar-refractivity contribution in [3.8, 4) is 11.5 Å². The molecule has 112 valence electrons. The van der Waals surface area contributed by atoms with Gasteiger partial charge in [0.15, 0.2) is 0 Å². The zero-order chi connectivity index (χ0) is 15.4. The summed E-state index contributed by atoms with van der Waals surface area (Å²) in [6, 6.07) is 6.06. The molecule has 0 aliphatic rings. The minimum atomic E-state index is -0.279. The molecule has 0 saturated heterocycles. The second kappa shape index (κ2) is 6.34. The van der Waals surface area contributed by atoms with Gasteiger partial charge in [0, 0.05) is 24.7 Å². The van der Waals surface area contributed by atoms with E-state index in [1.165, 1.54) is 12.1 Å². The average molecular weight is 298 g/mol. The molecule has 0 amide bonds. The number of hydrogen-bond donors (Lipinski definition) is 1. The Morgan fingerprint density at radius 2 is 1.95 bits per heavy atom. The standard InChI is InChI=1S/C16H15FN4O/c1-11-8-18-9-15(20-11)19-7-6-14-10-22-16(21-14)12-2-4-13(17)5-3-12/h2-5,8-10H,6-7H2,1H3,(H,19,20). The van der Waals surface area contributed by atoms with Crippen LogP contribution < -0.4 is 5.32 Å². The summed E-state index contributed by atoms with van der Waals surface area (Å²) in [5.74, 6) is 0.951. The van der Waals surface area contributed by atoms with Crippen LogP contribution in [0.5, 0.6) is 0 Å². The van der Waals surface area contributed by atoms with Gasteiger partial charge in [0.1, 0.15) is 17.9 Å². The molecule has 6 heteroatoms. The number of anilines is 1. The van der Waals surface area contributed by atoms with E-state index in [2.05, 4.69) is 20.3 Å². The lowest BCUT2D eigenvalue weighted by molar-refractivity contribution is 0.572. The molecule has 3 rings (SSSR count). The Balaban J connectivity index is 1.59. The predicted octanol–water partition coefficient (Wildman–Crippen LogP) is 3.23. The molecule has 1 N–H and O–H groups in total. The minimum Gasteiger partial charge on any atom is -0.444 e. The zero-order valence-corrected chi connectivity index (χ0v) is 12.1. The SMILES string of the molecule is Cc1cncc(NCCc2coc(-c3ccc(F)cc3)n2)n1. The van der Waals surface area contributed by atoms with Gasteiger partial charge in [-0.25, -0.2) is 14.4 Å². The van der Waals surface area contributed by atoms with E-state index in [1.807, 2.05) is 6.92 Å². The topological polar surface area (TPSA) is 63.8 Å². The highest BCUT2D eigenvalue weighted by Gasteiger charge is 2.07. The van der Waals surface area contributed by atoms with E-state index < -0.39 is 0 Å². The third-order valence-electron chi connectivity index (χ3n) is 3.09. The smallest absolute Gasteiger partial charge is 0.226 e. The molecule has 5 nitrogen and oxygen atoms in total. The van der Waals surface area contributed by atoms with Gasteiger partial charge in [-0.2, -0.15) is 0 Å². The zero-order valence-electron chi connectivity index (χ0n) is 12.1. The van der Waals surface area contributed by atoms with Gasteiger partial charge in [0.25, 0.3) is 0 Å². The van der Waals surface area contributed by atoms with Crippen molar-refractivity contribution < 1.29 is 8.81 Å². The lowest BCUT2D eigenvalue weighted by Gasteiger charge is -2.03. The Labute approximate surface area is 127 Å². The summed E-state index contributed by atoms with van der Waals surface area (Å²) >= 11 is 0. The summed E-state index contributed by atoms with van der Waals surface area (Å²) in [6.07, 6.45) is 5.69. The molecular formula is C16H15FN4O. The molecule has 0 unspecified atom stereocenters. The molecule has 2 heterocycles. The molecule has 0 fully saturated rings. The van der Waals surface area contributed by atoms with Gasteiger partial charge < -0.3 is 9.73 Å². The molecule has 22 heavy (non-hydrogen) atoms. The number of nitrogens with one attached hydrogen (secondary N) is 1. The van der Waals surface area contributed by atoms with Crippen molar-refractivity contribution in [1.29, 1.82) is 0 Å². The third kappa shape index (κ3) is 3.46. The van der Waals surface area contributed by atoms with Gasteiger partial charge in [-0.3, -0.25) is 4.98 Å². The van der Waals surface area contributed by atoms with E-state index in [9.17, 15) is 4.39 Å². The molecule has 0 radical (unpaired) electrons. The third-order valence-corrected chi connectivity index (χ3v) is 3.09. The normalized spacial score (nSPS) is 10.6. The first kappa shape index (κ1) is 14.2. The van der Waals surface area contributed by atoms with Crippen LogP contribution in [-0.4, -0.2) is 21.5 Å². The molecule has 2 aromatic heterocycles. The number of hydrogen-bond acceptors (Lipinski definition) is 5. The van der Waals surface area contributed by atoms with E-state index in [0.717, 1.165) is 22.8 Å².